The van der Waals surface area contributed by atoms with Crippen LogP contribution in [-0.4, -0.2) is 17.4 Å². The topological polar surface area (TPSA) is 84.2 Å². The van der Waals surface area contributed by atoms with Gasteiger partial charge in [-0.05, 0) is 54.8 Å². The molecule has 0 atom stereocenters. The fourth-order valence-corrected chi connectivity index (χ4v) is 3.15. The first kappa shape index (κ1) is 18.1. The zero-order chi connectivity index (χ0) is 18.6. The van der Waals surface area contributed by atoms with E-state index in [1.807, 2.05) is 6.07 Å². The highest BCUT2D eigenvalue weighted by atomic mass is 19.1. The van der Waals surface area contributed by atoms with E-state index in [-0.39, 0.29) is 17.6 Å². The van der Waals surface area contributed by atoms with E-state index >= 15 is 0 Å². The van der Waals surface area contributed by atoms with Crippen molar-refractivity contribution in [3.05, 3.63) is 65.5 Å². The zero-order valence-electron chi connectivity index (χ0n) is 14.4. The summed E-state index contributed by atoms with van der Waals surface area (Å²) in [5, 5.41) is 5.65. The predicted octanol–water partition coefficient (Wildman–Crippen LogP) is 2.97. The number of halogens is 1. The molecule has 0 unspecified atom stereocenters. The van der Waals surface area contributed by atoms with Crippen LogP contribution < -0.4 is 16.4 Å². The molecular formula is C20H22FN3O2. The summed E-state index contributed by atoms with van der Waals surface area (Å²) in [5.41, 5.74) is 7.22. The van der Waals surface area contributed by atoms with Crippen LogP contribution in [0.5, 0.6) is 0 Å². The van der Waals surface area contributed by atoms with Crippen LogP contribution in [0.2, 0.25) is 0 Å². The number of rotatable bonds is 5. The highest BCUT2D eigenvalue weighted by Crippen LogP contribution is 2.27. The first-order chi connectivity index (χ1) is 12.5. The molecule has 5 nitrogen and oxygen atoms in total. The second-order valence-electron chi connectivity index (χ2n) is 6.71. The van der Waals surface area contributed by atoms with Crippen molar-refractivity contribution in [3.63, 3.8) is 0 Å². The molecule has 136 valence electrons. The highest BCUT2D eigenvalue weighted by molar-refractivity contribution is 6.04. The van der Waals surface area contributed by atoms with E-state index in [4.69, 9.17) is 5.73 Å². The van der Waals surface area contributed by atoms with Crippen molar-refractivity contribution in [1.82, 2.24) is 5.32 Å². The highest BCUT2D eigenvalue weighted by Gasteiger charge is 2.36. The number of anilines is 1. The monoisotopic (exact) mass is 355 g/mol. The second-order valence-corrected chi connectivity index (χ2v) is 6.71. The van der Waals surface area contributed by atoms with Crippen molar-refractivity contribution in [2.75, 3.05) is 5.32 Å². The molecule has 2 aromatic rings. The van der Waals surface area contributed by atoms with E-state index in [0.717, 1.165) is 18.4 Å². The van der Waals surface area contributed by atoms with Crippen LogP contribution in [0.4, 0.5) is 10.1 Å². The summed E-state index contributed by atoms with van der Waals surface area (Å²) in [5.74, 6) is -0.840. The molecule has 26 heavy (non-hydrogen) atoms. The number of benzene rings is 2. The molecule has 2 aromatic carbocycles. The first-order valence-electron chi connectivity index (χ1n) is 8.69. The Kier molecular flexibility index (Phi) is 5.32. The Morgan fingerprint density at radius 1 is 1.08 bits per heavy atom. The van der Waals surface area contributed by atoms with Crippen LogP contribution in [0, 0.1) is 5.82 Å². The van der Waals surface area contributed by atoms with Gasteiger partial charge in [-0.2, -0.15) is 0 Å². The van der Waals surface area contributed by atoms with Crippen LogP contribution in [-0.2, 0) is 11.3 Å². The minimum atomic E-state index is -0.756. The molecule has 1 aliphatic rings. The molecule has 2 amide bonds. The van der Waals surface area contributed by atoms with Crippen molar-refractivity contribution < 1.29 is 14.0 Å². The smallest absolute Gasteiger partial charge is 0.255 e. The summed E-state index contributed by atoms with van der Waals surface area (Å²) in [6, 6.07) is 12.6. The van der Waals surface area contributed by atoms with Gasteiger partial charge in [0.1, 0.15) is 5.82 Å². The zero-order valence-corrected chi connectivity index (χ0v) is 14.4. The van der Waals surface area contributed by atoms with E-state index in [1.54, 1.807) is 18.2 Å². The number of hydrogen-bond donors (Lipinski definition) is 3. The average Bonchev–Trinajstić information content (AvgIpc) is 3.08. The maximum Gasteiger partial charge on any atom is 0.255 e. The lowest BCUT2D eigenvalue weighted by molar-refractivity contribution is -0.126. The third kappa shape index (κ3) is 4.26. The Balaban J connectivity index is 1.60. The third-order valence-electron chi connectivity index (χ3n) is 4.69. The van der Waals surface area contributed by atoms with Crippen LogP contribution in [0.3, 0.4) is 0 Å². The standard InChI is InChI=1S/C20H22FN3O2/c21-16-8-6-15(7-9-16)18(25)24-17-5-3-4-14(12-17)13-23-19(26)20(22)10-1-2-11-20/h3-9,12H,1-2,10-11,13,22H2,(H,23,26)(H,24,25). The number of hydrogen-bond acceptors (Lipinski definition) is 3. The van der Waals surface area contributed by atoms with Gasteiger partial charge >= 0.3 is 0 Å². The summed E-state index contributed by atoms with van der Waals surface area (Å²) >= 11 is 0. The molecular weight excluding hydrogens is 333 g/mol. The molecule has 1 aliphatic carbocycles. The molecule has 0 heterocycles. The number of nitrogens with two attached hydrogens (primary N) is 1. The normalized spacial score (nSPS) is 15.5. The Morgan fingerprint density at radius 3 is 2.46 bits per heavy atom. The maximum absolute atomic E-state index is 12.9. The molecule has 1 fully saturated rings. The molecule has 0 saturated heterocycles. The van der Waals surface area contributed by atoms with Gasteiger partial charge in [0.2, 0.25) is 5.91 Å². The Hall–Kier alpha value is -2.73. The van der Waals surface area contributed by atoms with E-state index < -0.39 is 5.54 Å². The maximum atomic E-state index is 12.9. The molecule has 0 aromatic heterocycles. The van der Waals surface area contributed by atoms with Crippen LogP contribution >= 0.6 is 0 Å². The van der Waals surface area contributed by atoms with Crippen LogP contribution in [0.15, 0.2) is 48.5 Å². The first-order valence-corrected chi connectivity index (χ1v) is 8.69. The van der Waals surface area contributed by atoms with Gasteiger partial charge in [0.05, 0.1) is 5.54 Å². The van der Waals surface area contributed by atoms with E-state index in [1.165, 1.54) is 24.3 Å². The fraction of sp³-hybridized carbons (Fsp3) is 0.300. The molecule has 0 bridgehead atoms. The summed E-state index contributed by atoms with van der Waals surface area (Å²) in [6.07, 6.45) is 3.39. The Labute approximate surface area is 151 Å². The summed E-state index contributed by atoms with van der Waals surface area (Å²) in [6.45, 7) is 0.345. The van der Waals surface area contributed by atoms with Crippen molar-refractivity contribution >= 4 is 17.5 Å². The van der Waals surface area contributed by atoms with Gasteiger partial charge in [-0.25, -0.2) is 4.39 Å². The van der Waals surface area contributed by atoms with E-state index in [2.05, 4.69) is 10.6 Å². The molecule has 0 aliphatic heterocycles. The molecule has 3 rings (SSSR count). The van der Waals surface area contributed by atoms with Crippen LogP contribution in [0.25, 0.3) is 0 Å². The molecule has 1 saturated carbocycles. The second kappa shape index (κ2) is 7.66. The quantitative estimate of drug-likeness (QED) is 0.771. The van der Waals surface area contributed by atoms with Crippen molar-refractivity contribution in [2.45, 2.75) is 37.8 Å². The van der Waals surface area contributed by atoms with E-state index in [0.29, 0.717) is 30.6 Å². The van der Waals surface area contributed by atoms with Crippen molar-refractivity contribution in [2.24, 2.45) is 5.73 Å². The number of carbonyl (C=O) groups is 2. The number of nitrogens with one attached hydrogen (secondary N) is 2. The van der Waals surface area contributed by atoms with Gasteiger partial charge in [-0.15, -0.1) is 0 Å². The molecule has 0 spiro atoms. The molecule has 0 radical (unpaired) electrons. The van der Waals surface area contributed by atoms with Gasteiger partial charge in [0.15, 0.2) is 0 Å². The lowest BCUT2D eigenvalue weighted by Gasteiger charge is -2.22. The summed E-state index contributed by atoms with van der Waals surface area (Å²) < 4.78 is 12.9. The van der Waals surface area contributed by atoms with Gasteiger partial charge in [-0.1, -0.05) is 25.0 Å². The predicted molar refractivity (Wildman–Crippen MR) is 98.0 cm³/mol. The van der Waals surface area contributed by atoms with Crippen molar-refractivity contribution in [1.29, 1.82) is 0 Å². The summed E-state index contributed by atoms with van der Waals surface area (Å²) in [7, 11) is 0. The average molecular weight is 355 g/mol. The number of carbonyl (C=O) groups excluding carboxylic acids is 2. The lowest BCUT2D eigenvalue weighted by atomic mass is 9.98. The Bertz CT molecular complexity index is 799. The molecule has 4 N–H and O–H groups in total. The van der Waals surface area contributed by atoms with Gasteiger partial charge in [-0.3, -0.25) is 9.59 Å². The van der Waals surface area contributed by atoms with Gasteiger partial charge in [0.25, 0.3) is 5.91 Å². The van der Waals surface area contributed by atoms with Gasteiger partial charge < -0.3 is 16.4 Å². The SMILES string of the molecule is NC1(C(=O)NCc2cccc(NC(=O)c3ccc(F)cc3)c2)CCCC1. The van der Waals surface area contributed by atoms with Crippen LogP contribution in [0.1, 0.15) is 41.6 Å². The van der Waals surface area contributed by atoms with Crippen molar-refractivity contribution in [3.8, 4) is 0 Å². The third-order valence-corrected chi connectivity index (χ3v) is 4.69. The largest absolute Gasteiger partial charge is 0.350 e. The van der Waals surface area contributed by atoms with E-state index in [9.17, 15) is 14.0 Å². The lowest BCUT2D eigenvalue weighted by Crippen LogP contribution is -2.51. The minimum absolute atomic E-state index is 0.129. The van der Waals surface area contributed by atoms with Gasteiger partial charge in [0, 0.05) is 17.8 Å². The summed E-state index contributed by atoms with van der Waals surface area (Å²) in [4.78, 5) is 24.5. The fourth-order valence-electron chi connectivity index (χ4n) is 3.15. The Morgan fingerprint density at radius 2 is 1.77 bits per heavy atom. The minimum Gasteiger partial charge on any atom is -0.350 e. The molecule has 6 heteroatoms. The number of amides is 2.